The fourth-order valence-corrected chi connectivity index (χ4v) is 2.12. The first kappa shape index (κ1) is 18.6. The molecule has 0 fully saturated rings. The van der Waals surface area contributed by atoms with Crippen LogP contribution in [-0.2, 0) is 0 Å². The zero-order chi connectivity index (χ0) is 18.4. The number of aromatic amines is 1. The number of fused-ring (bicyclic) bond motifs is 1. The molecule has 1 aromatic carbocycles. The topological polar surface area (TPSA) is 75.7 Å². The molecule has 0 saturated heterocycles. The van der Waals surface area contributed by atoms with E-state index in [1.165, 1.54) is 6.07 Å². The maximum atomic E-state index is 13.7. The van der Waals surface area contributed by atoms with E-state index in [4.69, 9.17) is 4.74 Å². The van der Waals surface area contributed by atoms with Gasteiger partial charge >= 0.3 is 6.01 Å². The molecule has 0 aliphatic heterocycles. The van der Waals surface area contributed by atoms with Crippen molar-refractivity contribution in [3.05, 3.63) is 35.5 Å². The Morgan fingerprint density at radius 3 is 2.64 bits per heavy atom. The first-order valence-electron chi connectivity index (χ1n) is 8.18. The second-order valence-electron chi connectivity index (χ2n) is 5.01. The van der Waals surface area contributed by atoms with Crippen molar-refractivity contribution >= 4 is 16.9 Å². The van der Waals surface area contributed by atoms with Gasteiger partial charge in [-0.1, -0.05) is 20.8 Å². The largest absolute Gasteiger partial charge is 0.421 e. The van der Waals surface area contributed by atoms with Crippen LogP contribution in [0.25, 0.3) is 11.0 Å². The summed E-state index contributed by atoms with van der Waals surface area (Å²) in [6, 6.07) is 2.97. The number of halogens is 2. The van der Waals surface area contributed by atoms with Crippen LogP contribution in [0.5, 0.6) is 11.8 Å². The van der Waals surface area contributed by atoms with Crippen LogP contribution in [0.2, 0.25) is 0 Å². The van der Waals surface area contributed by atoms with E-state index in [1.807, 2.05) is 27.7 Å². The number of rotatable bonds is 5. The number of hydrogen-bond donors (Lipinski definition) is 2. The van der Waals surface area contributed by atoms with Crippen molar-refractivity contribution in [2.45, 2.75) is 34.1 Å². The highest BCUT2D eigenvalue weighted by Crippen LogP contribution is 2.28. The molecule has 0 aliphatic carbocycles. The first-order chi connectivity index (χ1) is 12.1. The Morgan fingerprint density at radius 2 is 1.96 bits per heavy atom. The van der Waals surface area contributed by atoms with E-state index in [9.17, 15) is 8.78 Å². The minimum Gasteiger partial charge on any atom is -0.421 e. The molecule has 0 unspecified atom stereocenters. The Balaban J connectivity index is 0.00000109. The predicted molar refractivity (Wildman–Crippen MR) is 93.0 cm³/mol. The molecular formula is C17H21F2N5O. The molecule has 3 rings (SSSR count). The zero-order valence-corrected chi connectivity index (χ0v) is 14.7. The van der Waals surface area contributed by atoms with Crippen molar-refractivity contribution < 1.29 is 13.5 Å². The fraction of sp³-hybridized carbons (Fsp3) is 0.353. The minimum absolute atomic E-state index is 0.0619. The fourth-order valence-electron chi connectivity index (χ4n) is 2.12. The number of ether oxygens (including phenoxy) is 1. The smallest absolute Gasteiger partial charge is 0.326 e. The normalized spacial score (nSPS) is 10.3. The van der Waals surface area contributed by atoms with Gasteiger partial charge < -0.3 is 10.1 Å². The van der Waals surface area contributed by atoms with Crippen LogP contribution in [0.3, 0.4) is 0 Å². The molecule has 8 heteroatoms. The summed E-state index contributed by atoms with van der Waals surface area (Å²) in [5.41, 5.74) is 1.23. The van der Waals surface area contributed by atoms with Gasteiger partial charge in [-0.25, -0.2) is 8.78 Å². The molecule has 0 saturated carbocycles. The van der Waals surface area contributed by atoms with E-state index in [-0.39, 0.29) is 11.8 Å². The highest BCUT2D eigenvalue weighted by Gasteiger charge is 2.15. The average molecular weight is 349 g/mol. The van der Waals surface area contributed by atoms with Crippen molar-refractivity contribution in [2.75, 3.05) is 11.9 Å². The van der Waals surface area contributed by atoms with E-state index in [0.29, 0.717) is 18.0 Å². The lowest BCUT2D eigenvalue weighted by atomic mass is 10.3. The van der Waals surface area contributed by atoms with Crippen LogP contribution in [0.15, 0.2) is 18.2 Å². The Hall–Kier alpha value is -2.77. The van der Waals surface area contributed by atoms with Gasteiger partial charge in [-0.2, -0.15) is 15.1 Å². The van der Waals surface area contributed by atoms with E-state index >= 15 is 0 Å². The second-order valence-corrected chi connectivity index (χ2v) is 5.01. The quantitative estimate of drug-likeness (QED) is 0.705. The molecule has 0 aliphatic rings. The standard InChI is InChI=1S/C15H15F2N5O.C2H6/c1-3-6-18-13-12-8(2)21-22-14(12)20-15(19-13)23-11-5-4-9(16)7-10(11)17;1-2/h4-5,7H,3,6H2,1-2H3,(H2,18,19,20,21,22);1-2H3. The van der Waals surface area contributed by atoms with Gasteiger partial charge in [-0.15, -0.1) is 0 Å². The highest BCUT2D eigenvalue weighted by atomic mass is 19.1. The number of H-pyrrole nitrogens is 1. The number of anilines is 1. The summed E-state index contributed by atoms with van der Waals surface area (Å²) < 4.78 is 32.0. The molecule has 3 aromatic rings. The summed E-state index contributed by atoms with van der Waals surface area (Å²) in [5.74, 6) is -1.10. The van der Waals surface area contributed by atoms with Gasteiger partial charge in [0.05, 0.1) is 5.39 Å². The molecule has 0 atom stereocenters. The van der Waals surface area contributed by atoms with Crippen LogP contribution < -0.4 is 10.1 Å². The number of nitrogens with one attached hydrogen (secondary N) is 2. The van der Waals surface area contributed by atoms with Crippen molar-refractivity contribution in [1.29, 1.82) is 0 Å². The van der Waals surface area contributed by atoms with Gasteiger partial charge in [0, 0.05) is 18.3 Å². The van der Waals surface area contributed by atoms with Gasteiger partial charge in [0.25, 0.3) is 0 Å². The molecule has 0 radical (unpaired) electrons. The van der Waals surface area contributed by atoms with Gasteiger partial charge in [0.1, 0.15) is 11.6 Å². The molecule has 2 N–H and O–H groups in total. The predicted octanol–water partition coefficient (Wildman–Crippen LogP) is 4.58. The number of hydrogen-bond acceptors (Lipinski definition) is 5. The number of aryl methyl sites for hydroxylation is 1. The minimum atomic E-state index is -0.824. The highest BCUT2D eigenvalue weighted by molar-refractivity contribution is 5.89. The first-order valence-corrected chi connectivity index (χ1v) is 8.18. The van der Waals surface area contributed by atoms with Crippen LogP contribution >= 0.6 is 0 Å². The lowest BCUT2D eigenvalue weighted by molar-refractivity contribution is 0.410. The monoisotopic (exact) mass is 349 g/mol. The Labute approximate surface area is 144 Å². The van der Waals surface area contributed by atoms with Gasteiger partial charge in [0.15, 0.2) is 17.2 Å². The zero-order valence-electron chi connectivity index (χ0n) is 14.7. The lowest BCUT2D eigenvalue weighted by Gasteiger charge is -2.09. The van der Waals surface area contributed by atoms with Crippen LogP contribution in [0.4, 0.5) is 14.6 Å². The SMILES string of the molecule is CC.CCCNc1nc(Oc2ccc(F)cc2F)nc2n[nH]c(C)c12. The molecular weight excluding hydrogens is 328 g/mol. The molecule has 2 heterocycles. The molecule has 6 nitrogen and oxygen atoms in total. The molecule has 25 heavy (non-hydrogen) atoms. The summed E-state index contributed by atoms with van der Waals surface area (Å²) in [4.78, 5) is 8.41. The van der Waals surface area contributed by atoms with Crippen LogP contribution in [0.1, 0.15) is 32.9 Å². The third-order valence-electron chi connectivity index (χ3n) is 3.21. The van der Waals surface area contributed by atoms with E-state index in [0.717, 1.165) is 29.6 Å². The molecule has 2 aromatic heterocycles. The van der Waals surface area contributed by atoms with E-state index in [2.05, 4.69) is 25.5 Å². The molecule has 0 bridgehead atoms. The summed E-state index contributed by atoms with van der Waals surface area (Å²) in [6.07, 6.45) is 0.908. The number of benzene rings is 1. The number of nitrogens with zero attached hydrogens (tertiary/aromatic N) is 3. The van der Waals surface area contributed by atoms with E-state index < -0.39 is 11.6 Å². The van der Waals surface area contributed by atoms with Crippen LogP contribution in [0, 0.1) is 18.6 Å². The number of aromatic nitrogens is 4. The van der Waals surface area contributed by atoms with Crippen molar-refractivity contribution in [2.24, 2.45) is 0 Å². The Kier molecular flexibility index (Phi) is 6.21. The van der Waals surface area contributed by atoms with Gasteiger partial charge in [-0.3, -0.25) is 5.10 Å². The summed E-state index contributed by atoms with van der Waals surface area (Å²) in [6.45, 7) is 8.59. The van der Waals surface area contributed by atoms with E-state index in [1.54, 1.807) is 0 Å². The molecule has 134 valence electrons. The van der Waals surface area contributed by atoms with Crippen molar-refractivity contribution in [3.8, 4) is 11.8 Å². The van der Waals surface area contributed by atoms with Crippen LogP contribution in [-0.4, -0.2) is 26.7 Å². The maximum absolute atomic E-state index is 13.7. The average Bonchev–Trinajstić information content (AvgIpc) is 2.98. The van der Waals surface area contributed by atoms with Crippen molar-refractivity contribution in [1.82, 2.24) is 20.2 Å². The third kappa shape index (κ3) is 4.20. The lowest BCUT2D eigenvalue weighted by Crippen LogP contribution is -2.05. The third-order valence-corrected chi connectivity index (χ3v) is 3.21. The Morgan fingerprint density at radius 1 is 1.20 bits per heavy atom. The Bertz CT molecular complexity index is 850. The van der Waals surface area contributed by atoms with Crippen molar-refractivity contribution in [3.63, 3.8) is 0 Å². The molecule has 0 amide bonds. The summed E-state index contributed by atoms with van der Waals surface area (Å²) in [7, 11) is 0. The van der Waals surface area contributed by atoms with Gasteiger partial charge in [-0.05, 0) is 25.5 Å². The van der Waals surface area contributed by atoms with Gasteiger partial charge in [0.2, 0.25) is 0 Å². The summed E-state index contributed by atoms with van der Waals surface area (Å²) >= 11 is 0. The maximum Gasteiger partial charge on any atom is 0.326 e. The second kappa shape index (κ2) is 8.36. The molecule has 0 spiro atoms. The summed E-state index contributed by atoms with van der Waals surface area (Å²) in [5, 5.41) is 10.8.